The Bertz CT molecular complexity index is 358. The molecule has 0 heterocycles. The van der Waals surface area contributed by atoms with Crippen LogP contribution in [-0.4, -0.2) is 11.2 Å². The van der Waals surface area contributed by atoms with Crippen molar-refractivity contribution in [1.29, 1.82) is 0 Å². The van der Waals surface area contributed by atoms with E-state index in [1.807, 2.05) is 0 Å². The number of benzene rings is 1. The SMILES string of the molecule is C/C(=C\c1ccc(F)cc1Cl)C(C)O. The molecule has 3 heteroatoms. The maximum atomic E-state index is 12.7. The average molecular weight is 215 g/mol. The second kappa shape index (κ2) is 4.58. The Morgan fingerprint density at radius 3 is 2.71 bits per heavy atom. The highest BCUT2D eigenvalue weighted by Crippen LogP contribution is 2.20. The van der Waals surface area contributed by atoms with E-state index in [9.17, 15) is 9.50 Å². The van der Waals surface area contributed by atoms with Crippen LogP contribution in [0.3, 0.4) is 0 Å². The van der Waals surface area contributed by atoms with Crippen LogP contribution in [0.4, 0.5) is 4.39 Å². The molecule has 0 spiro atoms. The van der Waals surface area contributed by atoms with Crippen LogP contribution in [0.15, 0.2) is 23.8 Å². The molecule has 1 N–H and O–H groups in total. The van der Waals surface area contributed by atoms with E-state index in [0.29, 0.717) is 10.6 Å². The highest BCUT2D eigenvalue weighted by Gasteiger charge is 2.02. The van der Waals surface area contributed by atoms with E-state index in [1.54, 1.807) is 26.0 Å². The second-order valence-electron chi connectivity index (χ2n) is 3.23. The fourth-order valence-electron chi connectivity index (χ4n) is 0.984. The molecule has 0 aromatic heterocycles. The molecule has 14 heavy (non-hydrogen) atoms. The summed E-state index contributed by atoms with van der Waals surface area (Å²) in [6, 6.07) is 4.18. The number of hydrogen-bond acceptors (Lipinski definition) is 1. The van der Waals surface area contributed by atoms with Gasteiger partial charge in [-0.25, -0.2) is 4.39 Å². The molecule has 0 saturated heterocycles. The first-order valence-corrected chi connectivity index (χ1v) is 4.70. The molecular formula is C11H12ClFO. The Hall–Kier alpha value is -0.860. The van der Waals surface area contributed by atoms with Crippen molar-refractivity contribution in [1.82, 2.24) is 0 Å². The fourth-order valence-corrected chi connectivity index (χ4v) is 1.21. The monoisotopic (exact) mass is 214 g/mol. The highest BCUT2D eigenvalue weighted by molar-refractivity contribution is 6.32. The van der Waals surface area contributed by atoms with Gasteiger partial charge in [0.1, 0.15) is 5.82 Å². The molecule has 0 amide bonds. The average Bonchev–Trinajstić information content (AvgIpc) is 2.09. The summed E-state index contributed by atoms with van der Waals surface area (Å²) in [5, 5.41) is 9.59. The maximum absolute atomic E-state index is 12.7. The molecule has 1 unspecified atom stereocenters. The van der Waals surface area contributed by atoms with Crippen molar-refractivity contribution in [3.8, 4) is 0 Å². The zero-order chi connectivity index (χ0) is 10.7. The number of aliphatic hydroxyl groups is 1. The van der Waals surface area contributed by atoms with E-state index >= 15 is 0 Å². The molecule has 1 aromatic rings. The minimum absolute atomic E-state index is 0.352. The van der Waals surface area contributed by atoms with E-state index < -0.39 is 6.10 Å². The molecule has 1 atom stereocenters. The van der Waals surface area contributed by atoms with E-state index in [0.717, 1.165) is 5.57 Å². The third-order valence-corrected chi connectivity index (χ3v) is 2.33. The Morgan fingerprint density at radius 2 is 2.21 bits per heavy atom. The summed E-state index contributed by atoms with van der Waals surface area (Å²) in [7, 11) is 0. The van der Waals surface area contributed by atoms with Gasteiger partial charge in [-0.2, -0.15) is 0 Å². The molecule has 1 aromatic carbocycles. The predicted molar refractivity (Wildman–Crippen MR) is 56.7 cm³/mol. The number of aliphatic hydroxyl groups excluding tert-OH is 1. The van der Waals surface area contributed by atoms with Crippen molar-refractivity contribution < 1.29 is 9.50 Å². The zero-order valence-corrected chi connectivity index (χ0v) is 8.85. The standard InChI is InChI=1S/C11H12ClFO/c1-7(8(2)14)5-9-3-4-10(13)6-11(9)12/h3-6,8,14H,1-2H3/b7-5+. The van der Waals surface area contributed by atoms with Gasteiger partial charge in [-0.05, 0) is 37.1 Å². The van der Waals surface area contributed by atoms with Crippen LogP contribution in [-0.2, 0) is 0 Å². The van der Waals surface area contributed by atoms with Crippen LogP contribution in [0.2, 0.25) is 5.02 Å². The lowest BCUT2D eigenvalue weighted by molar-refractivity contribution is 0.232. The van der Waals surface area contributed by atoms with Gasteiger partial charge in [0.2, 0.25) is 0 Å². The van der Waals surface area contributed by atoms with Gasteiger partial charge in [-0.15, -0.1) is 0 Å². The van der Waals surface area contributed by atoms with Crippen molar-refractivity contribution in [2.45, 2.75) is 20.0 Å². The summed E-state index contributed by atoms with van der Waals surface area (Å²) in [5.74, 6) is -0.359. The van der Waals surface area contributed by atoms with Crippen molar-refractivity contribution in [2.75, 3.05) is 0 Å². The van der Waals surface area contributed by atoms with Gasteiger partial charge in [0.15, 0.2) is 0 Å². The van der Waals surface area contributed by atoms with Crippen molar-refractivity contribution in [3.05, 3.63) is 40.2 Å². The third-order valence-electron chi connectivity index (χ3n) is 2.00. The van der Waals surface area contributed by atoms with Gasteiger partial charge in [-0.1, -0.05) is 23.7 Å². The molecule has 0 aliphatic carbocycles. The van der Waals surface area contributed by atoms with Crippen molar-refractivity contribution >= 4 is 17.7 Å². The zero-order valence-electron chi connectivity index (χ0n) is 8.09. The first-order chi connectivity index (χ1) is 6.50. The second-order valence-corrected chi connectivity index (χ2v) is 3.64. The summed E-state index contributed by atoms with van der Waals surface area (Å²) in [5.41, 5.74) is 1.50. The molecule has 0 fully saturated rings. The summed E-state index contributed by atoms with van der Waals surface area (Å²) in [6.45, 7) is 3.47. The van der Waals surface area contributed by atoms with Gasteiger partial charge in [0.05, 0.1) is 11.1 Å². The number of hydrogen-bond donors (Lipinski definition) is 1. The predicted octanol–water partition coefficient (Wildman–Crippen LogP) is 3.26. The van der Waals surface area contributed by atoms with Crippen LogP contribution in [0, 0.1) is 5.82 Å². The molecule has 0 aliphatic heterocycles. The molecule has 0 aliphatic rings. The molecular weight excluding hydrogens is 203 g/mol. The molecule has 0 radical (unpaired) electrons. The number of rotatable bonds is 2. The lowest BCUT2D eigenvalue weighted by Crippen LogP contribution is -2.00. The molecule has 1 nitrogen and oxygen atoms in total. The minimum Gasteiger partial charge on any atom is -0.389 e. The van der Waals surface area contributed by atoms with Crippen molar-refractivity contribution in [2.24, 2.45) is 0 Å². The van der Waals surface area contributed by atoms with E-state index in [1.165, 1.54) is 12.1 Å². The Kier molecular flexibility index (Phi) is 3.67. The van der Waals surface area contributed by atoms with Crippen LogP contribution in [0.25, 0.3) is 6.08 Å². The van der Waals surface area contributed by atoms with Gasteiger partial charge in [0, 0.05) is 0 Å². The van der Waals surface area contributed by atoms with E-state index in [-0.39, 0.29) is 5.82 Å². The fraction of sp³-hybridized carbons (Fsp3) is 0.273. The van der Waals surface area contributed by atoms with Gasteiger partial charge < -0.3 is 5.11 Å². The quantitative estimate of drug-likeness (QED) is 0.801. The van der Waals surface area contributed by atoms with E-state index in [4.69, 9.17) is 11.6 Å². The van der Waals surface area contributed by atoms with E-state index in [2.05, 4.69) is 0 Å². The van der Waals surface area contributed by atoms with Crippen LogP contribution < -0.4 is 0 Å². The highest BCUT2D eigenvalue weighted by atomic mass is 35.5. The summed E-state index contributed by atoms with van der Waals surface area (Å²) in [4.78, 5) is 0. The first kappa shape index (κ1) is 11.2. The molecule has 0 bridgehead atoms. The van der Waals surface area contributed by atoms with Crippen LogP contribution in [0.1, 0.15) is 19.4 Å². The first-order valence-electron chi connectivity index (χ1n) is 4.32. The minimum atomic E-state index is -0.517. The summed E-state index contributed by atoms with van der Waals surface area (Å²) in [6.07, 6.45) is 1.23. The van der Waals surface area contributed by atoms with Gasteiger partial charge >= 0.3 is 0 Å². The Labute approximate surface area is 87.8 Å². The number of halogens is 2. The van der Waals surface area contributed by atoms with Crippen LogP contribution >= 0.6 is 11.6 Å². The van der Waals surface area contributed by atoms with Crippen molar-refractivity contribution in [3.63, 3.8) is 0 Å². The largest absolute Gasteiger partial charge is 0.389 e. The molecule has 76 valence electrons. The lowest BCUT2D eigenvalue weighted by Gasteiger charge is -2.05. The molecule has 1 rings (SSSR count). The lowest BCUT2D eigenvalue weighted by atomic mass is 10.1. The van der Waals surface area contributed by atoms with Gasteiger partial charge in [-0.3, -0.25) is 0 Å². The molecule has 0 saturated carbocycles. The third kappa shape index (κ3) is 2.82. The normalized spacial score (nSPS) is 14.2. The topological polar surface area (TPSA) is 20.2 Å². The smallest absolute Gasteiger partial charge is 0.124 e. The Morgan fingerprint density at radius 1 is 1.57 bits per heavy atom. The summed E-state index contributed by atoms with van der Waals surface area (Å²) >= 11 is 5.81. The maximum Gasteiger partial charge on any atom is 0.124 e. The summed E-state index contributed by atoms with van der Waals surface area (Å²) < 4.78 is 12.7. The Balaban J connectivity index is 3.03. The van der Waals surface area contributed by atoms with Crippen LogP contribution in [0.5, 0.6) is 0 Å². The van der Waals surface area contributed by atoms with Gasteiger partial charge in [0.25, 0.3) is 0 Å².